The number of aliphatic hydroxyl groups is 1. The molecule has 1 aromatic carbocycles. The van der Waals surface area contributed by atoms with Crippen molar-refractivity contribution in [1.82, 2.24) is 10.3 Å². The molecule has 2 N–H and O–H groups in total. The molecular formula is C19H24N2O4S. The van der Waals surface area contributed by atoms with Gasteiger partial charge in [-0.2, -0.15) is 0 Å². The largest absolute Gasteiger partial charge is 0.493 e. The molecule has 1 saturated carbocycles. The summed E-state index contributed by atoms with van der Waals surface area (Å²) in [6, 6.07) is 5.72. The second-order valence-corrected chi connectivity index (χ2v) is 7.48. The lowest BCUT2D eigenvalue weighted by Gasteiger charge is -2.25. The highest BCUT2D eigenvalue weighted by molar-refractivity contribution is 7.17. The zero-order valence-electron chi connectivity index (χ0n) is 15.2. The molecule has 7 heteroatoms. The van der Waals surface area contributed by atoms with Crippen molar-refractivity contribution in [1.29, 1.82) is 0 Å². The van der Waals surface area contributed by atoms with Crippen LogP contribution in [0.3, 0.4) is 0 Å². The van der Waals surface area contributed by atoms with Gasteiger partial charge in [0.15, 0.2) is 11.5 Å². The summed E-state index contributed by atoms with van der Waals surface area (Å²) in [5.41, 5.74) is 1.60. The molecule has 2 aromatic rings. The Labute approximate surface area is 157 Å². The maximum absolute atomic E-state index is 12.6. The Balaban J connectivity index is 1.77. The summed E-state index contributed by atoms with van der Waals surface area (Å²) in [4.78, 5) is 17.8. The van der Waals surface area contributed by atoms with E-state index in [-0.39, 0.29) is 18.1 Å². The summed E-state index contributed by atoms with van der Waals surface area (Å²) < 4.78 is 10.6. The van der Waals surface area contributed by atoms with Crippen LogP contribution < -0.4 is 14.8 Å². The number of hydrogen-bond donors (Lipinski definition) is 2. The van der Waals surface area contributed by atoms with Crippen molar-refractivity contribution in [2.75, 3.05) is 14.2 Å². The molecule has 0 spiro atoms. The smallest absolute Gasteiger partial charge is 0.263 e. The van der Waals surface area contributed by atoms with Crippen molar-refractivity contribution < 1.29 is 19.4 Å². The Morgan fingerprint density at radius 1 is 1.19 bits per heavy atom. The molecule has 1 heterocycles. The zero-order chi connectivity index (χ0) is 18.7. The maximum atomic E-state index is 12.6. The van der Waals surface area contributed by atoms with E-state index in [1.165, 1.54) is 11.3 Å². The first-order chi connectivity index (χ1) is 12.5. The minimum absolute atomic E-state index is 0.0897. The van der Waals surface area contributed by atoms with Crippen LogP contribution in [0.15, 0.2) is 18.2 Å². The number of amides is 1. The Kier molecular flexibility index (Phi) is 5.78. The van der Waals surface area contributed by atoms with Gasteiger partial charge >= 0.3 is 0 Å². The number of rotatable bonds is 5. The van der Waals surface area contributed by atoms with E-state index in [1.807, 2.05) is 25.1 Å². The number of thiazole rings is 1. The van der Waals surface area contributed by atoms with Crippen LogP contribution in [-0.2, 0) is 0 Å². The second-order valence-electron chi connectivity index (χ2n) is 6.48. The fourth-order valence-corrected chi connectivity index (χ4v) is 4.14. The normalized spacial score (nSPS) is 19.8. The third-order valence-corrected chi connectivity index (χ3v) is 5.87. The van der Waals surface area contributed by atoms with Crippen LogP contribution in [-0.4, -0.2) is 42.4 Å². The van der Waals surface area contributed by atoms with Crippen LogP contribution in [0, 0.1) is 6.92 Å². The third kappa shape index (κ3) is 3.99. The molecule has 3 rings (SSSR count). The van der Waals surface area contributed by atoms with Gasteiger partial charge < -0.3 is 19.9 Å². The lowest BCUT2D eigenvalue weighted by atomic mass is 9.93. The number of benzene rings is 1. The van der Waals surface area contributed by atoms with Gasteiger partial charge in [-0.15, -0.1) is 11.3 Å². The molecule has 0 bridgehead atoms. The summed E-state index contributed by atoms with van der Waals surface area (Å²) in [5.74, 6) is 1.19. The van der Waals surface area contributed by atoms with Crippen molar-refractivity contribution in [2.24, 2.45) is 0 Å². The zero-order valence-corrected chi connectivity index (χ0v) is 16.1. The van der Waals surface area contributed by atoms with Crippen molar-refractivity contribution >= 4 is 17.2 Å². The van der Waals surface area contributed by atoms with Crippen LogP contribution in [0.2, 0.25) is 0 Å². The monoisotopic (exact) mass is 376 g/mol. The Bertz CT molecular complexity index is 782. The molecule has 1 aliphatic rings. The van der Waals surface area contributed by atoms with Crippen LogP contribution in [0.5, 0.6) is 11.5 Å². The summed E-state index contributed by atoms with van der Waals surface area (Å²) >= 11 is 1.37. The first-order valence-electron chi connectivity index (χ1n) is 8.70. The van der Waals surface area contributed by atoms with E-state index in [1.54, 1.807) is 14.2 Å². The van der Waals surface area contributed by atoms with Crippen molar-refractivity contribution in [3.05, 3.63) is 28.8 Å². The fraction of sp³-hybridized carbons (Fsp3) is 0.474. The van der Waals surface area contributed by atoms with Gasteiger partial charge in [0.25, 0.3) is 5.91 Å². The first-order valence-corrected chi connectivity index (χ1v) is 9.52. The quantitative estimate of drug-likeness (QED) is 0.838. The molecule has 140 valence electrons. The van der Waals surface area contributed by atoms with Crippen LogP contribution in [0.1, 0.15) is 41.0 Å². The number of aromatic nitrogens is 1. The number of aliphatic hydroxyl groups excluding tert-OH is 1. The molecule has 0 unspecified atom stereocenters. The second kappa shape index (κ2) is 8.05. The Hall–Kier alpha value is -2.12. The fourth-order valence-electron chi connectivity index (χ4n) is 3.17. The minimum Gasteiger partial charge on any atom is -0.493 e. The van der Waals surface area contributed by atoms with E-state index in [4.69, 9.17) is 9.47 Å². The average molecular weight is 376 g/mol. The van der Waals surface area contributed by atoms with Gasteiger partial charge in [-0.1, -0.05) is 0 Å². The average Bonchev–Trinajstić information content (AvgIpc) is 3.05. The molecule has 0 aliphatic heterocycles. The number of nitrogens with one attached hydrogen (secondary N) is 1. The van der Waals surface area contributed by atoms with Gasteiger partial charge in [0.1, 0.15) is 9.88 Å². The minimum atomic E-state index is -0.232. The summed E-state index contributed by atoms with van der Waals surface area (Å²) in [6.07, 6.45) is 2.87. The van der Waals surface area contributed by atoms with Crippen molar-refractivity contribution in [2.45, 2.75) is 44.8 Å². The molecule has 1 aromatic heterocycles. The highest BCUT2D eigenvalue weighted by Crippen LogP contribution is 2.35. The van der Waals surface area contributed by atoms with Gasteiger partial charge in [0.05, 0.1) is 26.0 Å². The number of hydrogen-bond acceptors (Lipinski definition) is 6. The number of ether oxygens (including phenoxy) is 2. The standard InChI is InChI=1S/C19H24N2O4S/c1-11-17(18(23)21-13-5-7-14(22)8-6-13)26-19(20-11)12-4-9-15(24-2)16(10-12)25-3/h4,9-10,13-14,22H,5-8H2,1-3H3,(H,21,23). The SMILES string of the molecule is COc1ccc(-c2nc(C)c(C(=O)NC3CCC(O)CC3)s2)cc1OC. The molecule has 6 nitrogen and oxygen atoms in total. The summed E-state index contributed by atoms with van der Waals surface area (Å²) in [5, 5.41) is 13.4. The molecule has 1 aliphatic carbocycles. The predicted octanol–water partition coefficient (Wildman–Crippen LogP) is 3.17. The van der Waals surface area contributed by atoms with E-state index < -0.39 is 0 Å². The number of methoxy groups -OCH3 is 2. The number of carbonyl (C=O) groups is 1. The van der Waals surface area contributed by atoms with Gasteiger partial charge in [-0.3, -0.25) is 4.79 Å². The van der Waals surface area contributed by atoms with E-state index in [0.29, 0.717) is 22.1 Å². The number of carbonyl (C=O) groups excluding carboxylic acids is 1. The maximum Gasteiger partial charge on any atom is 0.263 e. The highest BCUT2D eigenvalue weighted by Gasteiger charge is 2.23. The van der Waals surface area contributed by atoms with Gasteiger partial charge in [-0.25, -0.2) is 4.98 Å². The summed E-state index contributed by atoms with van der Waals surface area (Å²) in [7, 11) is 3.19. The third-order valence-electron chi connectivity index (χ3n) is 4.67. The van der Waals surface area contributed by atoms with Crippen LogP contribution >= 0.6 is 11.3 Å². The molecule has 0 atom stereocenters. The van der Waals surface area contributed by atoms with E-state index in [9.17, 15) is 9.90 Å². The first kappa shape index (κ1) is 18.7. The van der Waals surface area contributed by atoms with Gasteiger partial charge in [-0.05, 0) is 50.8 Å². The van der Waals surface area contributed by atoms with Crippen molar-refractivity contribution in [3.8, 4) is 22.1 Å². The molecule has 1 amide bonds. The van der Waals surface area contributed by atoms with E-state index >= 15 is 0 Å². The number of nitrogens with zero attached hydrogens (tertiary/aromatic N) is 1. The van der Waals surface area contributed by atoms with Crippen molar-refractivity contribution in [3.63, 3.8) is 0 Å². The van der Waals surface area contributed by atoms with E-state index in [0.717, 1.165) is 36.3 Å². The van der Waals surface area contributed by atoms with Gasteiger partial charge in [0.2, 0.25) is 0 Å². The Morgan fingerprint density at radius 3 is 2.54 bits per heavy atom. The molecule has 0 radical (unpaired) electrons. The predicted molar refractivity (Wildman–Crippen MR) is 101 cm³/mol. The molecule has 0 saturated heterocycles. The number of aryl methyl sites for hydroxylation is 1. The lowest BCUT2D eigenvalue weighted by Crippen LogP contribution is -2.38. The van der Waals surface area contributed by atoms with Gasteiger partial charge in [0, 0.05) is 11.6 Å². The van der Waals surface area contributed by atoms with Crippen LogP contribution in [0.25, 0.3) is 10.6 Å². The molecule has 1 fully saturated rings. The van der Waals surface area contributed by atoms with E-state index in [2.05, 4.69) is 10.3 Å². The highest BCUT2D eigenvalue weighted by atomic mass is 32.1. The van der Waals surface area contributed by atoms with Crippen LogP contribution in [0.4, 0.5) is 0 Å². The topological polar surface area (TPSA) is 80.7 Å². The Morgan fingerprint density at radius 2 is 1.88 bits per heavy atom. The lowest BCUT2D eigenvalue weighted by molar-refractivity contribution is 0.0870. The summed E-state index contributed by atoms with van der Waals surface area (Å²) in [6.45, 7) is 1.85. The molecular weight excluding hydrogens is 352 g/mol. The molecule has 26 heavy (non-hydrogen) atoms.